The van der Waals surface area contributed by atoms with E-state index in [1.54, 1.807) is 7.11 Å². The van der Waals surface area contributed by atoms with Gasteiger partial charge in [0, 0.05) is 6.04 Å². The molecule has 3 N–H and O–H groups in total. The van der Waals surface area contributed by atoms with Crippen LogP contribution in [0.1, 0.15) is 25.7 Å². The molecule has 6 nitrogen and oxygen atoms in total. The third-order valence-electron chi connectivity index (χ3n) is 3.99. The lowest BCUT2D eigenvalue weighted by Gasteiger charge is -2.26. The summed E-state index contributed by atoms with van der Waals surface area (Å²) in [6, 6.07) is 7.49. The van der Waals surface area contributed by atoms with Crippen LogP contribution in [0.25, 0.3) is 0 Å². The average Bonchev–Trinajstić information content (AvgIpc) is 2.53. The maximum atomic E-state index is 12.0. The van der Waals surface area contributed by atoms with Crippen LogP contribution in [-0.4, -0.2) is 36.7 Å². The van der Waals surface area contributed by atoms with Crippen LogP contribution in [0, 0.1) is 5.92 Å². The lowest BCUT2D eigenvalue weighted by Crippen LogP contribution is -2.41. The molecule has 1 aliphatic carbocycles. The Balaban J connectivity index is 1.76. The van der Waals surface area contributed by atoms with Gasteiger partial charge >= 0.3 is 5.97 Å². The van der Waals surface area contributed by atoms with Gasteiger partial charge in [0.05, 0.1) is 25.3 Å². The first-order valence-corrected chi connectivity index (χ1v) is 7.49. The number of benzene rings is 1. The van der Waals surface area contributed by atoms with E-state index in [9.17, 15) is 9.59 Å². The number of ether oxygens (including phenoxy) is 1. The van der Waals surface area contributed by atoms with Crippen molar-refractivity contribution in [3.8, 4) is 5.75 Å². The van der Waals surface area contributed by atoms with Crippen molar-refractivity contribution >= 4 is 17.6 Å². The smallest absolute Gasteiger partial charge is 0.306 e. The minimum Gasteiger partial charge on any atom is -0.495 e. The zero-order valence-corrected chi connectivity index (χ0v) is 12.7. The largest absolute Gasteiger partial charge is 0.495 e. The van der Waals surface area contributed by atoms with E-state index in [-0.39, 0.29) is 24.4 Å². The van der Waals surface area contributed by atoms with E-state index in [1.807, 2.05) is 24.3 Å². The monoisotopic (exact) mass is 306 g/mol. The lowest BCUT2D eigenvalue weighted by molar-refractivity contribution is -0.142. The Morgan fingerprint density at radius 1 is 1.23 bits per heavy atom. The van der Waals surface area contributed by atoms with E-state index in [4.69, 9.17) is 9.84 Å². The fourth-order valence-corrected chi connectivity index (χ4v) is 2.73. The Kier molecular flexibility index (Phi) is 5.63. The molecule has 0 heterocycles. The highest BCUT2D eigenvalue weighted by molar-refractivity contribution is 5.81. The molecule has 1 fully saturated rings. The number of carbonyl (C=O) groups is 2. The summed E-state index contributed by atoms with van der Waals surface area (Å²) in [4.78, 5) is 22.9. The number of amides is 1. The van der Waals surface area contributed by atoms with Crippen LogP contribution in [0.4, 0.5) is 5.69 Å². The first-order chi connectivity index (χ1) is 10.6. The number of anilines is 1. The van der Waals surface area contributed by atoms with Gasteiger partial charge in [-0.1, -0.05) is 12.1 Å². The summed E-state index contributed by atoms with van der Waals surface area (Å²) in [7, 11) is 1.58. The summed E-state index contributed by atoms with van der Waals surface area (Å²) in [5.74, 6) is -0.399. The number of para-hydroxylation sites is 2. The summed E-state index contributed by atoms with van der Waals surface area (Å²) in [5, 5.41) is 15.0. The number of nitrogens with one attached hydrogen (secondary N) is 2. The molecule has 0 aliphatic heterocycles. The number of methoxy groups -OCH3 is 1. The van der Waals surface area contributed by atoms with Crippen molar-refractivity contribution in [1.29, 1.82) is 0 Å². The van der Waals surface area contributed by atoms with E-state index in [0.717, 1.165) is 18.5 Å². The van der Waals surface area contributed by atoms with Gasteiger partial charge in [-0.05, 0) is 37.8 Å². The Bertz CT molecular complexity index is 525. The molecular weight excluding hydrogens is 284 g/mol. The van der Waals surface area contributed by atoms with Gasteiger partial charge in [-0.2, -0.15) is 0 Å². The Morgan fingerprint density at radius 3 is 2.55 bits per heavy atom. The molecule has 22 heavy (non-hydrogen) atoms. The summed E-state index contributed by atoms with van der Waals surface area (Å²) in [5.41, 5.74) is 0.773. The second-order valence-electron chi connectivity index (χ2n) is 5.51. The first-order valence-electron chi connectivity index (χ1n) is 7.49. The molecule has 0 aromatic heterocycles. The van der Waals surface area contributed by atoms with Crippen LogP contribution >= 0.6 is 0 Å². The summed E-state index contributed by atoms with van der Waals surface area (Å²) < 4.78 is 5.21. The van der Waals surface area contributed by atoms with Crippen LogP contribution in [0.5, 0.6) is 5.75 Å². The van der Waals surface area contributed by atoms with Crippen molar-refractivity contribution < 1.29 is 19.4 Å². The van der Waals surface area contributed by atoms with E-state index >= 15 is 0 Å². The molecule has 0 bridgehead atoms. The number of rotatable bonds is 6. The van der Waals surface area contributed by atoms with Gasteiger partial charge in [0.1, 0.15) is 5.75 Å². The average molecular weight is 306 g/mol. The highest BCUT2D eigenvalue weighted by Gasteiger charge is 2.26. The summed E-state index contributed by atoms with van der Waals surface area (Å²) in [6.45, 7) is 0.166. The third-order valence-corrected chi connectivity index (χ3v) is 3.99. The molecule has 2 rings (SSSR count). The number of carboxylic acids is 1. The highest BCUT2D eigenvalue weighted by Crippen LogP contribution is 2.25. The molecule has 0 atom stereocenters. The van der Waals surface area contributed by atoms with Gasteiger partial charge in [-0.15, -0.1) is 0 Å². The zero-order valence-electron chi connectivity index (χ0n) is 12.7. The van der Waals surface area contributed by atoms with Crippen LogP contribution in [0.3, 0.4) is 0 Å². The normalized spacial score (nSPS) is 21.0. The van der Waals surface area contributed by atoms with Gasteiger partial charge in [-0.3, -0.25) is 9.59 Å². The zero-order chi connectivity index (χ0) is 15.9. The summed E-state index contributed by atoms with van der Waals surface area (Å²) >= 11 is 0. The van der Waals surface area contributed by atoms with Crippen molar-refractivity contribution in [2.24, 2.45) is 5.92 Å². The molecular formula is C16H22N2O4. The van der Waals surface area contributed by atoms with Crippen molar-refractivity contribution in [2.45, 2.75) is 31.7 Å². The number of hydrogen-bond acceptors (Lipinski definition) is 4. The molecule has 0 unspecified atom stereocenters. The highest BCUT2D eigenvalue weighted by atomic mass is 16.5. The van der Waals surface area contributed by atoms with Crippen LogP contribution in [0.2, 0.25) is 0 Å². The molecule has 1 saturated carbocycles. The van der Waals surface area contributed by atoms with Crippen molar-refractivity contribution in [3.05, 3.63) is 24.3 Å². The van der Waals surface area contributed by atoms with Gasteiger partial charge in [0.2, 0.25) is 5.91 Å². The Labute approximate surface area is 129 Å². The van der Waals surface area contributed by atoms with Gasteiger partial charge in [0.15, 0.2) is 0 Å². The molecule has 0 saturated heterocycles. The summed E-state index contributed by atoms with van der Waals surface area (Å²) in [6.07, 6.45) is 2.69. The Morgan fingerprint density at radius 2 is 1.91 bits per heavy atom. The number of aliphatic carboxylic acids is 1. The maximum Gasteiger partial charge on any atom is 0.306 e. The SMILES string of the molecule is COc1ccccc1NCC(=O)NC1CCC(C(=O)O)CC1. The standard InChI is InChI=1S/C16H22N2O4/c1-22-14-5-3-2-4-13(14)17-10-15(19)18-12-8-6-11(7-9-12)16(20)21/h2-5,11-12,17H,6-10H2,1H3,(H,18,19)(H,20,21). The van der Waals surface area contributed by atoms with Crippen LogP contribution < -0.4 is 15.4 Å². The molecule has 0 spiro atoms. The molecule has 120 valence electrons. The molecule has 1 aliphatic rings. The maximum absolute atomic E-state index is 12.0. The van der Waals surface area contributed by atoms with E-state index in [0.29, 0.717) is 18.6 Å². The predicted molar refractivity (Wildman–Crippen MR) is 83.0 cm³/mol. The predicted octanol–water partition coefficient (Wildman–Crippen LogP) is 1.87. The fraction of sp³-hybridized carbons (Fsp3) is 0.500. The van der Waals surface area contributed by atoms with Crippen molar-refractivity contribution in [3.63, 3.8) is 0 Å². The Hall–Kier alpha value is -2.24. The molecule has 1 amide bonds. The molecule has 1 aromatic rings. The third kappa shape index (κ3) is 4.38. The number of carboxylic acid groups (broad SMARTS) is 1. The number of carbonyl (C=O) groups excluding carboxylic acids is 1. The van der Waals surface area contributed by atoms with E-state index < -0.39 is 5.97 Å². The van der Waals surface area contributed by atoms with E-state index in [2.05, 4.69) is 10.6 Å². The van der Waals surface area contributed by atoms with Crippen molar-refractivity contribution in [2.75, 3.05) is 19.0 Å². The van der Waals surface area contributed by atoms with Gasteiger partial charge < -0.3 is 20.5 Å². The lowest BCUT2D eigenvalue weighted by atomic mass is 9.86. The van der Waals surface area contributed by atoms with E-state index in [1.165, 1.54) is 0 Å². The first kappa shape index (κ1) is 16.1. The second-order valence-corrected chi connectivity index (χ2v) is 5.51. The molecule has 0 radical (unpaired) electrons. The minimum absolute atomic E-state index is 0.0718. The van der Waals surface area contributed by atoms with Gasteiger partial charge in [-0.25, -0.2) is 0 Å². The molecule has 6 heteroatoms. The van der Waals surface area contributed by atoms with Crippen LogP contribution in [-0.2, 0) is 9.59 Å². The van der Waals surface area contributed by atoms with Crippen LogP contribution in [0.15, 0.2) is 24.3 Å². The topological polar surface area (TPSA) is 87.7 Å². The number of hydrogen-bond donors (Lipinski definition) is 3. The second kappa shape index (κ2) is 7.68. The molecule has 1 aromatic carbocycles. The van der Waals surface area contributed by atoms with Gasteiger partial charge in [0.25, 0.3) is 0 Å². The quantitative estimate of drug-likeness (QED) is 0.747. The fourth-order valence-electron chi connectivity index (χ4n) is 2.73. The van der Waals surface area contributed by atoms with Crippen molar-refractivity contribution in [1.82, 2.24) is 5.32 Å². The minimum atomic E-state index is -0.734.